The Hall–Kier alpha value is -3.87. The van der Waals surface area contributed by atoms with Crippen LogP contribution in [0.4, 0.5) is 17.1 Å². The Balaban J connectivity index is 1.70. The number of methoxy groups -OCH3 is 1. The van der Waals surface area contributed by atoms with Crippen LogP contribution in [0, 0.1) is 0 Å². The Bertz CT molecular complexity index is 1020. The van der Waals surface area contributed by atoms with Gasteiger partial charge in [0.2, 0.25) is 0 Å². The lowest BCUT2D eigenvalue weighted by Gasteiger charge is -2.13. The van der Waals surface area contributed by atoms with Crippen LogP contribution < -0.4 is 20.3 Å². The predicted molar refractivity (Wildman–Crippen MR) is 114 cm³/mol. The number of benzene rings is 2. The number of hydrogen-bond acceptors (Lipinski definition) is 5. The highest BCUT2D eigenvalue weighted by molar-refractivity contribution is 6.07. The van der Waals surface area contributed by atoms with Crippen molar-refractivity contribution < 1.29 is 14.3 Å². The lowest BCUT2D eigenvalue weighted by atomic mass is 10.2. The van der Waals surface area contributed by atoms with Crippen LogP contribution in [0.2, 0.25) is 0 Å². The number of ether oxygens (including phenoxy) is 1. The maximum atomic E-state index is 12.5. The van der Waals surface area contributed by atoms with Gasteiger partial charge in [-0.2, -0.15) is 0 Å². The topological polar surface area (TPSA) is 83.6 Å². The third-order valence-electron chi connectivity index (χ3n) is 4.22. The zero-order valence-electron chi connectivity index (χ0n) is 16.5. The SMILES string of the molecule is COc1cccc(NC(=O)c2ccnc(C(=O)Nc3ccc(N(C)C)cc3)c2)c1. The molecule has 3 rings (SSSR count). The van der Waals surface area contributed by atoms with Gasteiger partial charge < -0.3 is 20.3 Å². The van der Waals surface area contributed by atoms with E-state index in [2.05, 4.69) is 15.6 Å². The second-order valence-corrected chi connectivity index (χ2v) is 6.51. The first kappa shape index (κ1) is 19.9. The number of carbonyl (C=O) groups excluding carboxylic acids is 2. The molecule has 0 radical (unpaired) electrons. The summed E-state index contributed by atoms with van der Waals surface area (Å²) in [7, 11) is 5.45. The summed E-state index contributed by atoms with van der Waals surface area (Å²) in [6.45, 7) is 0. The Morgan fingerprint density at radius 2 is 1.62 bits per heavy atom. The summed E-state index contributed by atoms with van der Waals surface area (Å²) in [5.74, 6) is -0.0958. The molecule has 1 aromatic heterocycles. The van der Waals surface area contributed by atoms with Crippen LogP contribution in [0.3, 0.4) is 0 Å². The predicted octanol–water partition coefficient (Wildman–Crippen LogP) is 3.66. The van der Waals surface area contributed by atoms with E-state index in [4.69, 9.17) is 4.74 Å². The van der Waals surface area contributed by atoms with E-state index < -0.39 is 5.91 Å². The number of rotatable bonds is 6. The minimum Gasteiger partial charge on any atom is -0.497 e. The number of nitrogens with one attached hydrogen (secondary N) is 2. The highest BCUT2D eigenvalue weighted by Crippen LogP contribution is 2.18. The second-order valence-electron chi connectivity index (χ2n) is 6.51. The zero-order chi connectivity index (χ0) is 20.8. The van der Waals surface area contributed by atoms with E-state index in [-0.39, 0.29) is 11.6 Å². The van der Waals surface area contributed by atoms with E-state index in [0.717, 1.165) is 5.69 Å². The molecule has 0 atom stereocenters. The lowest BCUT2D eigenvalue weighted by Crippen LogP contribution is -2.17. The van der Waals surface area contributed by atoms with Gasteiger partial charge in [0.25, 0.3) is 11.8 Å². The number of hydrogen-bond donors (Lipinski definition) is 2. The van der Waals surface area contributed by atoms with Crippen LogP contribution in [0.5, 0.6) is 5.75 Å². The Kier molecular flexibility index (Phi) is 6.09. The minimum absolute atomic E-state index is 0.153. The third kappa shape index (κ3) is 5.10. The molecule has 0 spiro atoms. The van der Waals surface area contributed by atoms with Crippen molar-refractivity contribution in [3.05, 3.63) is 78.1 Å². The summed E-state index contributed by atoms with van der Waals surface area (Å²) in [5, 5.41) is 5.57. The van der Waals surface area contributed by atoms with Crippen LogP contribution in [0.15, 0.2) is 66.9 Å². The summed E-state index contributed by atoms with van der Waals surface area (Å²) >= 11 is 0. The molecule has 0 unspecified atom stereocenters. The van der Waals surface area contributed by atoms with E-state index in [0.29, 0.717) is 22.7 Å². The summed E-state index contributed by atoms with van der Waals surface area (Å²) < 4.78 is 5.15. The quantitative estimate of drug-likeness (QED) is 0.671. The molecule has 7 heteroatoms. The van der Waals surface area contributed by atoms with Gasteiger partial charge in [-0.05, 0) is 48.5 Å². The van der Waals surface area contributed by atoms with Crippen molar-refractivity contribution in [1.29, 1.82) is 0 Å². The second kappa shape index (κ2) is 8.88. The number of carbonyl (C=O) groups is 2. The molecule has 7 nitrogen and oxygen atoms in total. The molecule has 0 saturated carbocycles. The first-order chi connectivity index (χ1) is 14.0. The Morgan fingerprint density at radius 3 is 2.31 bits per heavy atom. The van der Waals surface area contributed by atoms with E-state index in [1.165, 1.54) is 12.3 Å². The van der Waals surface area contributed by atoms with Crippen LogP contribution in [-0.4, -0.2) is 38.0 Å². The summed E-state index contributed by atoms with van der Waals surface area (Å²) in [5.41, 5.74) is 2.75. The highest BCUT2D eigenvalue weighted by atomic mass is 16.5. The van der Waals surface area contributed by atoms with E-state index >= 15 is 0 Å². The molecule has 148 valence electrons. The van der Waals surface area contributed by atoms with Gasteiger partial charge in [-0.1, -0.05) is 6.07 Å². The van der Waals surface area contributed by atoms with E-state index in [1.54, 1.807) is 37.4 Å². The van der Waals surface area contributed by atoms with Gasteiger partial charge in [-0.15, -0.1) is 0 Å². The molecule has 1 heterocycles. The molecule has 2 aromatic carbocycles. The minimum atomic E-state index is -0.390. The molecule has 0 aliphatic rings. The van der Waals surface area contributed by atoms with Gasteiger partial charge in [0.05, 0.1) is 7.11 Å². The molecule has 0 fully saturated rings. The van der Waals surface area contributed by atoms with Gasteiger partial charge in [0.15, 0.2) is 0 Å². The summed E-state index contributed by atoms with van der Waals surface area (Å²) in [6, 6.07) is 17.5. The van der Waals surface area contributed by atoms with Crippen LogP contribution >= 0.6 is 0 Å². The van der Waals surface area contributed by atoms with Crippen molar-refractivity contribution in [2.24, 2.45) is 0 Å². The average Bonchev–Trinajstić information content (AvgIpc) is 2.74. The van der Waals surface area contributed by atoms with Gasteiger partial charge in [-0.3, -0.25) is 14.6 Å². The van der Waals surface area contributed by atoms with Crippen molar-refractivity contribution in [3.63, 3.8) is 0 Å². The number of anilines is 3. The third-order valence-corrected chi connectivity index (χ3v) is 4.22. The fraction of sp³-hybridized carbons (Fsp3) is 0.136. The molecule has 3 aromatic rings. The van der Waals surface area contributed by atoms with Gasteiger partial charge in [-0.25, -0.2) is 0 Å². The largest absolute Gasteiger partial charge is 0.497 e. The fourth-order valence-corrected chi connectivity index (χ4v) is 2.64. The van der Waals surface area contributed by atoms with Crippen molar-refractivity contribution in [2.45, 2.75) is 0 Å². The van der Waals surface area contributed by atoms with Gasteiger partial charge in [0, 0.05) is 49.0 Å². The number of pyridine rings is 1. The van der Waals surface area contributed by atoms with Gasteiger partial charge >= 0.3 is 0 Å². The Morgan fingerprint density at radius 1 is 0.897 bits per heavy atom. The molecule has 0 saturated heterocycles. The Labute approximate surface area is 169 Å². The maximum Gasteiger partial charge on any atom is 0.274 e. The van der Waals surface area contributed by atoms with Gasteiger partial charge in [0.1, 0.15) is 11.4 Å². The van der Waals surface area contributed by atoms with Crippen LogP contribution in [0.25, 0.3) is 0 Å². The summed E-state index contributed by atoms with van der Waals surface area (Å²) in [6.07, 6.45) is 1.44. The molecule has 2 amide bonds. The first-order valence-corrected chi connectivity index (χ1v) is 8.96. The number of aromatic nitrogens is 1. The highest BCUT2D eigenvalue weighted by Gasteiger charge is 2.13. The van der Waals surface area contributed by atoms with Crippen LogP contribution in [0.1, 0.15) is 20.8 Å². The number of nitrogens with zero attached hydrogens (tertiary/aromatic N) is 2. The molecular formula is C22H22N4O3. The molecule has 0 aliphatic heterocycles. The lowest BCUT2D eigenvalue weighted by molar-refractivity contribution is 0.102. The zero-order valence-corrected chi connectivity index (χ0v) is 16.5. The normalized spacial score (nSPS) is 10.2. The molecule has 0 aliphatic carbocycles. The average molecular weight is 390 g/mol. The summed E-state index contributed by atoms with van der Waals surface area (Å²) in [4.78, 5) is 31.1. The van der Waals surface area contributed by atoms with Crippen molar-refractivity contribution in [1.82, 2.24) is 4.98 Å². The van der Waals surface area contributed by atoms with Crippen molar-refractivity contribution >= 4 is 28.9 Å². The first-order valence-electron chi connectivity index (χ1n) is 8.96. The molecule has 29 heavy (non-hydrogen) atoms. The van der Waals surface area contributed by atoms with Crippen molar-refractivity contribution in [2.75, 3.05) is 36.7 Å². The molecular weight excluding hydrogens is 368 g/mol. The monoisotopic (exact) mass is 390 g/mol. The number of amides is 2. The van der Waals surface area contributed by atoms with E-state index in [9.17, 15) is 9.59 Å². The smallest absolute Gasteiger partial charge is 0.274 e. The maximum absolute atomic E-state index is 12.5. The van der Waals surface area contributed by atoms with E-state index in [1.807, 2.05) is 43.3 Å². The standard InChI is InChI=1S/C22H22N4O3/c1-26(2)18-9-7-16(8-10-18)24-22(28)20-13-15(11-12-23-20)21(27)25-17-5-4-6-19(14-17)29-3/h4-14H,1-3H3,(H,24,28)(H,25,27). The molecule has 2 N–H and O–H groups in total. The fourth-order valence-electron chi connectivity index (χ4n) is 2.64. The molecule has 0 bridgehead atoms. The van der Waals surface area contributed by atoms with Crippen molar-refractivity contribution in [3.8, 4) is 5.75 Å². The van der Waals surface area contributed by atoms with Crippen LogP contribution in [-0.2, 0) is 0 Å².